The van der Waals surface area contributed by atoms with Gasteiger partial charge in [-0.15, -0.1) is 0 Å². The Hall–Kier alpha value is -3.06. The number of halogens is 1. The van der Waals surface area contributed by atoms with Crippen LogP contribution >= 0.6 is 11.6 Å². The first-order valence-corrected chi connectivity index (χ1v) is 8.72. The highest BCUT2D eigenvalue weighted by Crippen LogP contribution is 2.29. The van der Waals surface area contributed by atoms with Crippen LogP contribution in [0.3, 0.4) is 0 Å². The van der Waals surface area contributed by atoms with Gasteiger partial charge >= 0.3 is 0 Å². The van der Waals surface area contributed by atoms with Crippen molar-refractivity contribution in [2.75, 3.05) is 13.7 Å². The maximum absolute atomic E-state index is 12.2. The summed E-state index contributed by atoms with van der Waals surface area (Å²) < 4.78 is 10.8. The van der Waals surface area contributed by atoms with Crippen molar-refractivity contribution in [1.29, 1.82) is 0 Å². The highest BCUT2D eigenvalue weighted by atomic mass is 35.5. The first-order chi connectivity index (χ1) is 13.2. The first kappa shape index (κ1) is 18.7. The molecule has 0 saturated heterocycles. The van der Waals surface area contributed by atoms with Crippen molar-refractivity contribution >= 4 is 17.5 Å². The molecule has 1 aromatic carbocycles. The number of ether oxygens (including phenoxy) is 2. The summed E-state index contributed by atoms with van der Waals surface area (Å²) in [5.41, 5.74) is 1.89. The topological polar surface area (TPSA) is 89.1 Å². The van der Waals surface area contributed by atoms with E-state index in [4.69, 9.17) is 21.1 Å². The Morgan fingerprint density at radius 2 is 2.15 bits per heavy atom. The zero-order valence-electron chi connectivity index (χ0n) is 14.7. The lowest BCUT2D eigenvalue weighted by molar-refractivity contribution is 0.0949. The third kappa shape index (κ3) is 5.21. The van der Waals surface area contributed by atoms with E-state index < -0.39 is 0 Å². The molecule has 0 aliphatic carbocycles. The van der Waals surface area contributed by atoms with Crippen LogP contribution in [0.2, 0.25) is 5.02 Å². The molecule has 2 aromatic heterocycles. The summed E-state index contributed by atoms with van der Waals surface area (Å²) in [6.07, 6.45) is 2.38. The van der Waals surface area contributed by atoms with Gasteiger partial charge in [-0.25, -0.2) is 0 Å². The summed E-state index contributed by atoms with van der Waals surface area (Å²) in [5.74, 6) is 0.919. The Morgan fingerprint density at radius 3 is 2.89 bits per heavy atom. The zero-order chi connectivity index (χ0) is 19.1. The minimum Gasteiger partial charge on any atom is -0.497 e. The SMILES string of the molecule is COc1ccc(OCc2cc(C(=O)NCCc3ccccn3)n[nH]2)c(Cl)c1. The van der Waals surface area contributed by atoms with Gasteiger partial charge in [-0.05, 0) is 30.3 Å². The molecule has 0 radical (unpaired) electrons. The predicted octanol–water partition coefficient (Wildman–Crippen LogP) is 3.02. The van der Waals surface area contributed by atoms with E-state index in [-0.39, 0.29) is 12.5 Å². The van der Waals surface area contributed by atoms with Crippen molar-refractivity contribution in [1.82, 2.24) is 20.5 Å². The summed E-state index contributed by atoms with van der Waals surface area (Å²) in [6, 6.07) is 12.5. The first-order valence-electron chi connectivity index (χ1n) is 8.34. The quantitative estimate of drug-likeness (QED) is 0.621. The predicted molar refractivity (Wildman–Crippen MR) is 101 cm³/mol. The third-order valence-electron chi connectivity index (χ3n) is 3.78. The maximum atomic E-state index is 12.2. The van der Waals surface area contributed by atoms with Crippen LogP contribution in [0.4, 0.5) is 0 Å². The van der Waals surface area contributed by atoms with Crippen LogP contribution in [-0.4, -0.2) is 34.7 Å². The molecule has 0 saturated carbocycles. The Morgan fingerprint density at radius 1 is 1.26 bits per heavy atom. The molecule has 0 fully saturated rings. The Bertz CT molecular complexity index is 899. The molecule has 27 heavy (non-hydrogen) atoms. The second-order valence-electron chi connectivity index (χ2n) is 5.69. The van der Waals surface area contributed by atoms with Crippen molar-refractivity contribution in [2.24, 2.45) is 0 Å². The highest BCUT2D eigenvalue weighted by molar-refractivity contribution is 6.32. The Labute approximate surface area is 161 Å². The van der Waals surface area contributed by atoms with E-state index in [1.54, 1.807) is 37.6 Å². The second kappa shape index (κ2) is 9.05. The van der Waals surface area contributed by atoms with Crippen LogP contribution in [0.15, 0.2) is 48.7 Å². The van der Waals surface area contributed by atoms with E-state index in [1.165, 1.54) is 0 Å². The summed E-state index contributed by atoms with van der Waals surface area (Å²) in [5, 5.41) is 10.1. The van der Waals surface area contributed by atoms with Gasteiger partial charge in [0.05, 0.1) is 17.8 Å². The Kier molecular flexibility index (Phi) is 6.27. The van der Waals surface area contributed by atoms with Crippen molar-refractivity contribution < 1.29 is 14.3 Å². The molecule has 2 N–H and O–H groups in total. The molecule has 0 spiro atoms. The van der Waals surface area contributed by atoms with Gasteiger partial charge in [-0.2, -0.15) is 5.10 Å². The number of benzene rings is 1. The van der Waals surface area contributed by atoms with Crippen LogP contribution < -0.4 is 14.8 Å². The van der Waals surface area contributed by atoms with Crippen LogP contribution in [0.1, 0.15) is 21.9 Å². The normalized spacial score (nSPS) is 10.4. The minimum atomic E-state index is -0.254. The van der Waals surface area contributed by atoms with Crippen LogP contribution in [-0.2, 0) is 13.0 Å². The van der Waals surface area contributed by atoms with E-state index in [9.17, 15) is 4.79 Å². The molecule has 2 heterocycles. The molecule has 0 bridgehead atoms. The van der Waals surface area contributed by atoms with Crippen LogP contribution in [0, 0.1) is 0 Å². The number of pyridine rings is 1. The van der Waals surface area contributed by atoms with Crippen molar-refractivity contribution in [2.45, 2.75) is 13.0 Å². The number of amides is 1. The van der Waals surface area contributed by atoms with Crippen LogP contribution in [0.25, 0.3) is 0 Å². The lowest BCUT2D eigenvalue weighted by Crippen LogP contribution is -2.26. The van der Waals surface area contributed by atoms with Gasteiger partial charge in [0.1, 0.15) is 23.8 Å². The van der Waals surface area contributed by atoms with Crippen molar-refractivity contribution in [3.8, 4) is 11.5 Å². The van der Waals surface area contributed by atoms with E-state index in [1.807, 2.05) is 18.2 Å². The molecule has 0 atom stereocenters. The largest absolute Gasteiger partial charge is 0.497 e. The fourth-order valence-corrected chi connectivity index (χ4v) is 2.60. The van der Waals surface area contributed by atoms with Crippen LogP contribution in [0.5, 0.6) is 11.5 Å². The number of aromatic nitrogens is 3. The number of aromatic amines is 1. The number of carbonyl (C=O) groups excluding carboxylic acids is 1. The van der Waals surface area contributed by atoms with E-state index in [2.05, 4.69) is 20.5 Å². The molecular weight excluding hydrogens is 368 g/mol. The van der Waals surface area contributed by atoms with Gasteiger partial charge in [0, 0.05) is 30.9 Å². The summed E-state index contributed by atoms with van der Waals surface area (Å²) >= 11 is 6.14. The highest BCUT2D eigenvalue weighted by Gasteiger charge is 2.11. The number of rotatable bonds is 8. The molecule has 1 amide bonds. The van der Waals surface area contributed by atoms with E-state index >= 15 is 0 Å². The molecular formula is C19H19ClN4O3. The number of hydrogen-bond acceptors (Lipinski definition) is 5. The smallest absolute Gasteiger partial charge is 0.271 e. The fraction of sp³-hybridized carbons (Fsp3) is 0.211. The third-order valence-corrected chi connectivity index (χ3v) is 4.07. The number of nitrogens with zero attached hydrogens (tertiary/aromatic N) is 2. The molecule has 140 valence electrons. The molecule has 3 aromatic rings. The van der Waals surface area contributed by atoms with Crippen molar-refractivity contribution in [3.05, 3.63) is 70.8 Å². The summed E-state index contributed by atoms with van der Waals surface area (Å²) in [6.45, 7) is 0.691. The van der Waals surface area contributed by atoms with Gasteiger partial charge in [-0.1, -0.05) is 17.7 Å². The molecule has 8 heteroatoms. The van der Waals surface area contributed by atoms with Gasteiger partial charge in [0.15, 0.2) is 0 Å². The number of hydrogen-bond donors (Lipinski definition) is 2. The molecule has 3 rings (SSSR count). The lowest BCUT2D eigenvalue weighted by atomic mass is 10.2. The molecule has 0 aliphatic rings. The molecule has 0 unspecified atom stereocenters. The van der Waals surface area contributed by atoms with Gasteiger partial charge < -0.3 is 14.8 Å². The molecule has 7 nitrogen and oxygen atoms in total. The van der Waals surface area contributed by atoms with E-state index in [0.29, 0.717) is 40.9 Å². The average molecular weight is 387 g/mol. The number of H-pyrrole nitrogens is 1. The fourth-order valence-electron chi connectivity index (χ4n) is 2.37. The maximum Gasteiger partial charge on any atom is 0.271 e. The van der Waals surface area contributed by atoms with E-state index in [0.717, 1.165) is 5.69 Å². The van der Waals surface area contributed by atoms with Gasteiger partial charge in [0.25, 0.3) is 5.91 Å². The number of nitrogens with one attached hydrogen (secondary N) is 2. The standard InChI is InChI=1S/C19H19ClN4O3/c1-26-15-5-6-18(16(20)11-15)27-12-14-10-17(24-23-14)19(25)22-9-7-13-4-2-3-8-21-13/h2-6,8,10-11H,7,9,12H2,1H3,(H,22,25)(H,23,24). The Balaban J connectivity index is 1.49. The van der Waals surface area contributed by atoms with Gasteiger partial charge in [-0.3, -0.25) is 14.9 Å². The summed E-state index contributed by atoms with van der Waals surface area (Å²) in [4.78, 5) is 16.4. The zero-order valence-corrected chi connectivity index (χ0v) is 15.5. The second-order valence-corrected chi connectivity index (χ2v) is 6.10. The monoisotopic (exact) mass is 386 g/mol. The van der Waals surface area contributed by atoms with Gasteiger partial charge in [0.2, 0.25) is 0 Å². The number of methoxy groups -OCH3 is 1. The average Bonchev–Trinajstić information content (AvgIpc) is 3.17. The lowest BCUT2D eigenvalue weighted by Gasteiger charge is -2.08. The molecule has 0 aliphatic heterocycles. The van der Waals surface area contributed by atoms with Crippen molar-refractivity contribution in [3.63, 3.8) is 0 Å². The minimum absolute atomic E-state index is 0.209. The number of carbonyl (C=O) groups is 1. The summed E-state index contributed by atoms with van der Waals surface area (Å²) in [7, 11) is 1.57.